The molecule has 560 valence electrons. The van der Waals surface area contributed by atoms with E-state index in [4.69, 9.17) is 20.4 Å². The lowest BCUT2D eigenvalue weighted by Gasteiger charge is -2.23. The first-order chi connectivity index (χ1) is 45.3. The van der Waals surface area contributed by atoms with Crippen molar-refractivity contribution in [2.75, 3.05) is 26.4 Å². The molecule has 0 rings (SSSR count). The quantitative estimate of drug-likeness (QED) is 0.0222. The summed E-state index contributed by atoms with van der Waals surface area (Å²) in [6.45, 7) is 7.50. The van der Waals surface area contributed by atoms with Crippen LogP contribution in [0.25, 0.3) is 0 Å². The third-order valence-electron chi connectivity index (χ3n) is 18.3. The highest BCUT2D eigenvalue weighted by Gasteiger charge is 2.26. The van der Waals surface area contributed by atoms with Crippen LogP contribution >= 0.6 is 50.5 Å². The van der Waals surface area contributed by atoms with Gasteiger partial charge in [-0.15, -0.1) is 50.5 Å². The van der Waals surface area contributed by atoms with Crippen LogP contribution < -0.4 is 0 Å². The Bertz CT molecular complexity index is 1200. The summed E-state index contributed by atoms with van der Waals surface area (Å²) >= 11 is 15.1. The Balaban J connectivity index is -0.000000354. The van der Waals surface area contributed by atoms with Gasteiger partial charge in [0.05, 0.1) is 31.8 Å². The number of aliphatic hydroxyl groups excluding tert-OH is 4. The van der Waals surface area contributed by atoms with E-state index >= 15 is 0 Å². The third kappa shape index (κ3) is 106. The second-order valence-electron chi connectivity index (χ2n) is 27.9. The topological polar surface area (TPSA) is 149 Å². The zero-order valence-electron chi connectivity index (χ0n) is 62.6. The first-order valence-electron chi connectivity index (χ1n) is 40.6. The molecular weight excluding hydrogens is 1230 g/mol. The third-order valence-corrected chi connectivity index (χ3v) is 19.2. The molecule has 0 atom stereocenters. The summed E-state index contributed by atoms with van der Waals surface area (Å²) < 4.78 is 0. The maximum atomic E-state index is 10.7. The van der Waals surface area contributed by atoms with Crippen molar-refractivity contribution >= 4 is 71.0 Å². The maximum Gasteiger partial charge on any atom is 0.185 e. The number of aliphatic hydroxyl groups is 4. The van der Waals surface area contributed by atoms with E-state index in [2.05, 4.69) is 78.2 Å². The molecule has 0 aromatic heterocycles. The van der Waals surface area contributed by atoms with Gasteiger partial charge in [-0.3, -0.25) is 19.2 Å². The van der Waals surface area contributed by atoms with Crippen LogP contribution in [0.5, 0.6) is 0 Å². The predicted molar refractivity (Wildman–Crippen MR) is 423 cm³/mol. The Morgan fingerprint density at radius 3 is 0.333 bits per heavy atom. The summed E-state index contributed by atoms with van der Waals surface area (Å²) in [5.74, 6) is 0. The van der Waals surface area contributed by atoms with E-state index in [1.807, 2.05) is 0 Å². The fourth-order valence-electron chi connectivity index (χ4n) is 11.6. The SMILES string of the molecule is CCCCCCCCCCCCCCCCCCC(=O)S.CCCCCCCCCCCCCCCCCCC(=O)S.CCCCCCCCCCCCCCCCCCC(=O)S.CCCCCCCCCCCCCCCCCCC(=O)S.OCC(CO)(CO)CO. The highest BCUT2D eigenvalue weighted by atomic mass is 32.1. The molecule has 0 aromatic carbocycles. The van der Waals surface area contributed by atoms with Crippen molar-refractivity contribution in [2.24, 2.45) is 5.41 Å². The molecule has 0 saturated carbocycles. The van der Waals surface area contributed by atoms with Crippen molar-refractivity contribution in [3.63, 3.8) is 0 Å². The molecule has 4 N–H and O–H groups in total. The van der Waals surface area contributed by atoms with E-state index in [1.165, 1.54) is 385 Å². The standard InChI is InChI=1S/4C19H38OS.C5H12O4/c4*1-2-3-4-5-6-7-8-9-10-11-12-13-14-15-16-17-18-19(20)21;6-1-5(2-7,3-8)4-9/h4*2-18H2,1H3,(H,20,21);6-9H,1-4H2. The van der Waals surface area contributed by atoms with Gasteiger partial charge < -0.3 is 20.4 Å². The molecule has 0 aromatic rings. The van der Waals surface area contributed by atoms with Crippen LogP contribution in [-0.4, -0.2) is 67.3 Å². The maximum absolute atomic E-state index is 10.7. The molecule has 0 unspecified atom stereocenters. The number of carbonyl (C=O) groups excluding carboxylic acids is 4. The lowest BCUT2D eigenvalue weighted by atomic mass is 9.93. The van der Waals surface area contributed by atoms with Gasteiger partial charge >= 0.3 is 0 Å². The lowest BCUT2D eigenvalue weighted by Crippen LogP contribution is -2.37. The lowest BCUT2D eigenvalue weighted by molar-refractivity contribution is -0.111. The van der Waals surface area contributed by atoms with Crippen LogP contribution in [0.1, 0.15) is 464 Å². The molecule has 0 heterocycles. The van der Waals surface area contributed by atoms with E-state index in [0.717, 1.165) is 25.7 Å². The molecule has 0 aliphatic heterocycles. The second-order valence-corrected chi connectivity index (χ2v) is 29.9. The predicted octanol–water partition coefficient (Wildman–Crippen LogP) is 26.3. The molecule has 12 heteroatoms. The summed E-state index contributed by atoms with van der Waals surface area (Å²) in [4.78, 5) is 42.6. The molecular formula is C81H164O8S4. The Morgan fingerprint density at radius 2 is 0.269 bits per heavy atom. The van der Waals surface area contributed by atoms with Crippen LogP contribution in [0.15, 0.2) is 0 Å². The minimum atomic E-state index is -1.11. The van der Waals surface area contributed by atoms with Gasteiger partial charge in [0.15, 0.2) is 20.5 Å². The molecule has 0 saturated heterocycles. The Hall–Kier alpha value is -0.0800. The van der Waals surface area contributed by atoms with Gasteiger partial charge in [0.25, 0.3) is 0 Å². The smallest absolute Gasteiger partial charge is 0.185 e. The Kier molecular flexibility index (Phi) is 103. The van der Waals surface area contributed by atoms with Crippen LogP contribution in [0.4, 0.5) is 0 Å². The first kappa shape index (κ1) is 102. The van der Waals surface area contributed by atoms with Gasteiger partial charge in [-0.05, 0) is 25.7 Å². The zero-order chi connectivity index (χ0) is 69.7. The number of thiol groups is 4. The number of rotatable bonds is 72. The normalized spacial score (nSPS) is 11.1. The minimum absolute atomic E-state index is 0.0420. The number of hydrogen-bond acceptors (Lipinski definition) is 8. The van der Waals surface area contributed by atoms with Gasteiger partial charge in [-0.25, -0.2) is 0 Å². The molecule has 0 aliphatic rings. The highest BCUT2D eigenvalue weighted by molar-refractivity contribution is 7.97. The number of carbonyl (C=O) groups is 4. The summed E-state index contributed by atoms with van der Waals surface area (Å²) in [7, 11) is 0. The van der Waals surface area contributed by atoms with Gasteiger partial charge in [-0.1, -0.05) is 413 Å². The van der Waals surface area contributed by atoms with Crippen molar-refractivity contribution < 1.29 is 39.6 Å². The van der Waals surface area contributed by atoms with E-state index in [9.17, 15) is 19.2 Å². The second kappa shape index (κ2) is 94.0. The fraction of sp³-hybridized carbons (Fsp3) is 0.951. The van der Waals surface area contributed by atoms with E-state index in [1.54, 1.807) is 0 Å². The van der Waals surface area contributed by atoms with Crippen LogP contribution in [0.2, 0.25) is 0 Å². The zero-order valence-corrected chi connectivity index (χ0v) is 66.2. The molecule has 0 radical (unpaired) electrons. The molecule has 0 fully saturated rings. The average Bonchev–Trinajstić information content (AvgIpc) is 3.54. The molecule has 8 nitrogen and oxygen atoms in total. The summed E-state index contributed by atoms with van der Waals surface area (Å²) in [5.41, 5.74) is -1.11. The van der Waals surface area contributed by atoms with Gasteiger partial charge in [-0.2, -0.15) is 0 Å². The van der Waals surface area contributed by atoms with Crippen LogP contribution in [-0.2, 0) is 19.2 Å². The summed E-state index contributed by atoms with van der Waals surface area (Å²) in [5, 5.41) is 34.2. The number of unbranched alkanes of at least 4 members (excludes halogenated alkanes) is 60. The van der Waals surface area contributed by atoms with Crippen molar-refractivity contribution in [1.29, 1.82) is 0 Å². The molecule has 0 bridgehead atoms. The van der Waals surface area contributed by atoms with Gasteiger partial charge in [0.2, 0.25) is 0 Å². The Labute approximate surface area is 602 Å². The van der Waals surface area contributed by atoms with Crippen LogP contribution in [0.3, 0.4) is 0 Å². The monoisotopic (exact) mass is 1390 g/mol. The molecule has 93 heavy (non-hydrogen) atoms. The fourth-order valence-corrected chi connectivity index (χ4v) is 12.2. The van der Waals surface area contributed by atoms with Crippen LogP contribution in [0, 0.1) is 5.41 Å². The van der Waals surface area contributed by atoms with Crippen molar-refractivity contribution in [2.45, 2.75) is 464 Å². The van der Waals surface area contributed by atoms with Gasteiger partial charge in [0, 0.05) is 25.7 Å². The van der Waals surface area contributed by atoms with Crippen molar-refractivity contribution in [1.82, 2.24) is 0 Å². The van der Waals surface area contributed by atoms with Gasteiger partial charge in [0.1, 0.15) is 0 Å². The largest absolute Gasteiger partial charge is 0.396 e. The minimum Gasteiger partial charge on any atom is -0.396 e. The summed E-state index contributed by atoms with van der Waals surface area (Å²) in [6.07, 6.45) is 90.5. The van der Waals surface area contributed by atoms with Crippen molar-refractivity contribution in [3.05, 3.63) is 0 Å². The average molecular weight is 1390 g/mol. The number of hydrogen-bond donors (Lipinski definition) is 8. The van der Waals surface area contributed by atoms with E-state index in [0.29, 0.717) is 25.7 Å². The Morgan fingerprint density at radius 1 is 0.183 bits per heavy atom. The molecule has 0 amide bonds. The first-order valence-corrected chi connectivity index (χ1v) is 42.4. The van der Waals surface area contributed by atoms with E-state index in [-0.39, 0.29) is 20.5 Å². The molecule has 0 spiro atoms. The highest BCUT2D eigenvalue weighted by Crippen LogP contribution is 2.20. The summed E-state index contributed by atoms with van der Waals surface area (Å²) in [6, 6.07) is 0. The van der Waals surface area contributed by atoms with Crippen molar-refractivity contribution in [3.8, 4) is 0 Å². The van der Waals surface area contributed by atoms with E-state index < -0.39 is 31.8 Å². The molecule has 0 aliphatic carbocycles.